The molecule has 5 rings (SSSR count). The molecule has 0 saturated heterocycles. The van der Waals surface area contributed by atoms with Gasteiger partial charge in [0.05, 0.1) is 0 Å². The van der Waals surface area contributed by atoms with E-state index in [0.717, 1.165) is 11.1 Å². The number of hydrogen-bond donors (Lipinski definition) is 4. The fourth-order valence-electron chi connectivity index (χ4n) is 4.34. The van der Waals surface area contributed by atoms with Gasteiger partial charge in [-0.25, -0.2) is 9.59 Å². The van der Waals surface area contributed by atoms with E-state index in [1.807, 2.05) is 18.2 Å². The summed E-state index contributed by atoms with van der Waals surface area (Å²) < 4.78 is 60.5. The van der Waals surface area contributed by atoms with Crippen LogP contribution in [-0.4, -0.2) is 28.9 Å². The first-order valence-electron chi connectivity index (χ1n) is 14.4. The van der Waals surface area contributed by atoms with Gasteiger partial charge < -0.3 is 29.6 Å². The number of anilines is 2. The second-order valence-corrected chi connectivity index (χ2v) is 13.3. The molecule has 0 saturated carbocycles. The predicted octanol–water partition coefficient (Wildman–Crippen LogP) is 5.87. The summed E-state index contributed by atoms with van der Waals surface area (Å²) in [5, 5.41) is 10.8. The van der Waals surface area contributed by atoms with Gasteiger partial charge in [-0.15, -0.1) is 0 Å². The Balaban J connectivity index is 1.09. The van der Waals surface area contributed by atoms with Crippen molar-refractivity contribution in [3.05, 3.63) is 145 Å². The van der Waals surface area contributed by atoms with Crippen LogP contribution < -0.4 is 29.6 Å². The topological polar surface area (TPSA) is 169 Å². The lowest BCUT2D eigenvalue weighted by molar-refractivity contribution is 0.251. The molecular formula is C34H30N4O8S2. The summed E-state index contributed by atoms with van der Waals surface area (Å²) in [6, 6.07) is 33.6. The van der Waals surface area contributed by atoms with Gasteiger partial charge in [-0.05, 0) is 59.7 Å². The highest BCUT2D eigenvalue weighted by Gasteiger charge is 2.17. The number of benzene rings is 5. The van der Waals surface area contributed by atoms with Crippen LogP contribution in [0, 0.1) is 0 Å². The van der Waals surface area contributed by atoms with Crippen LogP contribution in [-0.2, 0) is 33.3 Å². The average molecular weight is 687 g/mol. The zero-order chi connectivity index (χ0) is 34.0. The molecule has 0 unspecified atom stereocenters. The molecule has 246 valence electrons. The summed E-state index contributed by atoms with van der Waals surface area (Å²) in [7, 11) is -8.07. The van der Waals surface area contributed by atoms with E-state index in [4.69, 9.17) is 8.37 Å². The standard InChI is InChI=1S/C34H30N4O8S2/c39-33(37-27-12-8-14-29(21-27)45-47(41,42)31-16-3-1-4-17-31)35-23-25-10-7-11-26(20-25)24-36-34(40)38-28-13-9-15-30(22-28)46-48(43,44)32-18-5-2-6-19-32/h1-22H,23-24H2,(H2,35,37,39)(H2,36,38,40). The molecule has 0 spiro atoms. The lowest BCUT2D eigenvalue weighted by Gasteiger charge is -2.12. The Kier molecular flexibility index (Phi) is 10.6. The second kappa shape index (κ2) is 15.2. The van der Waals surface area contributed by atoms with E-state index in [9.17, 15) is 26.4 Å². The molecule has 5 aromatic rings. The molecule has 5 aromatic carbocycles. The number of amides is 4. The zero-order valence-electron chi connectivity index (χ0n) is 25.2. The third-order valence-electron chi connectivity index (χ3n) is 6.56. The maximum atomic E-state index is 12.6. The van der Waals surface area contributed by atoms with Crippen LogP contribution in [0.2, 0.25) is 0 Å². The van der Waals surface area contributed by atoms with Crippen LogP contribution in [0.1, 0.15) is 11.1 Å². The van der Waals surface area contributed by atoms with Crippen LogP contribution in [0.4, 0.5) is 21.0 Å². The molecule has 4 amide bonds. The minimum atomic E-state index is -4.04. The summed E-state index contributed by atoms with van der Waals surface area (Å²) in [6.45, 7) is 0.340. The summed E-state index contributed by atoms with van der Waals surface area (Å²) in [6.07, 6.45) is 0. The van der Waals surface area contributed by atoms with E-state index >= 15 is 0 Å². The number of carbonyl (C=O) groups is 2. The number of hydrogen-bond acceptors (Lipinski definition) is 8. The second-order valence-electron chi connectivity index (χ2n) is 10.2. The van der Waals surface area contributed by atoms with Gasteiger partial charge in [-0.1, -0.05) is 72.8 Å². The molecule has 0 radical (unpaired) electrons. The third-order valence-corrected chi connectivity index (χ3v) is 9.08. The molecule has 0 bridgehead atoms. The van der Waals surface area contributed by atoms with Gasteiger partial charge in [0.15, 0.2) is 0 Å². The molecule has 0 aliphatic carbocycles. The normalized spacial score (nSPS) is 11.2. The first kappa shape index (κ1) is 33.5. The quantitative estimate of drug-likeness (QED) is 0.118. The molecule has 12 nitrogen and oxygen atoms in total. The molecule has 0 atom stereocenters. The van der Waals surface area contributed by atoms with Gasteiger partial charge in [0, 0.05) is 36.6 Å². The Labute approximate surface area is 278 Å². The highest BCUT2D eigenvalue weighted by Crippen LogP contribution is 2.23. The number of rotatable bonds is 12. The molecular weight excluding hydrogens is 657 g/mol. The van der Waals surface area contributed by atoms with Crippen molar-refractivity contribution in [3.63, 3.8) is 0 Å². The van der Waals surface area contributed by atoms with Crippen LogP contribution in [0.5, 0.6) is 11.5 Å². The van der Waals surface area contributed by atoms with Crippen LogP contribution in [0.3, 0.4) is 0 Å². The van der Waals surface area contributed by atoms with Crippen LogP contribution in [0.25, 0.3) is 0 Å². The molecule has 48 heavy (non-hydrogen) atoms. The molecule has 0 fully saturated rings. The monoisotopic (exact) mass is 686 g/mol. The SMILES string of the molecule is O=C(NCc1cccc(CNC(=O)Nc2cccc(OS(=O)(=O)c3ccccc3)c2)c1)Nc1cccc(OS(=O)(=O)c2ccccc2)c1. The summed E-state index contributed by atoms with van der Waals surface area (Å²) in [4.78, 5) is 25.1. The van der Waals surface area contributed by atoms with Crippen molar-refractivity contribution < 1.29 is 34.8 Å². The Bertz CT molecular complexity index is 1960. The van der Waals surface area contributed by atoms with E-state index in [1.54, 1.807) is 66.7 Å². The molecule has 14 heteroatoms. The fourth-order valence-corrected chi connectivity index (χ4v) is 6.23. The molecule has 0 aliphatic heterocycles. The van der Waals surface area contributed by atoms with Crippen molar-refractivity contribution in [2.24, 2.45) is 0 Å². The van der Waals surface area contributed by atoms with Crippen LogP contribution >= 0.6 is 0 Å². The van der Waals surface area contributed by atoms with Gasteiger partial charge in [0.1, 0.15) is 21.3 Å². The number of urea groups is 2. The minimum Gasteiger partial charge on any atom is -0.379 e. The van der Waals surface area contributed by atoms with E-state index in [2.05, 4.69) is 21.3 Å². The van der Waals surface area contributed by atoms with Crippen molar-refractivity contribution in [2.45, 2.75) is 22.9 Å². The van der Waals surface area contributed by atoms with E-state index in [1.165, 1.54) is 48.5 Å². The van der Waals surface area contributed by atoms with Gasteiger partial charge in [-0.3, -0.25) is 0 Å². The highest BCUT2D eigenvalue weighted by atomic mass is 32.2. The smallest absolute Gasteiger partial charge is 0.339 e. The average Bonchev–Trinajstić information content (AvgIpc) is 3.07. The number of carbonyl (C=O) groups excluding carboxylic acids is 2. The van der Waals surface area contributed by atoms with Crippen molar-refractivity contribution >= 4 is 43.7 Å². The lowest BCUT2D eigenvalue weighted by Crippen LogP contribution is -2.29. The predicted molar refractivity (Wildman–Crippen MR) is 180 cm³/mol. The molecule has 4 N–H and O–H groups in total. The molecule has 0 aliphatic rings. The summed E-state index contributed by atoms with van der Waals surface area (Å²) in [5.41, 5.74) is 2.18. The van der Waals surface area contributed by atoms with E-state index < -0.39 is 32.3 Å². The Morgan fingerprint density at radius 2 is 0.875 bits per heavy atom. The zero-order valence-corrected chi connectivity index (χ0v) is 26.8. The van der Waals surface area contributed by atoms with Crippen molar-refractivity contribution in [1.29, 1.82) is 0 Å². The van der Waals surface area contributed by atoms with Gasteiger partial charge in [-0.2, -0.15) is 16.8 Å². The van der Waals surface area contributed by atoms with Crippen molar-refractivity contribution in [3.8, 4) is 11.5 Å². The largest absolute Gasteiger partial charge is 0.379 e. The maximum Gasteiger partial charge on any atom is 0.339 e. The van der Waals surface area contributed by atoms with Gasteiger partial charge >= 0.3 is 32.3 Å². The first-order valence-corrected chi connectivity index (χ1v) is 17.2. The van der Waals surface area contributed by atoms with Crippen LogP contribution in [0.15, 0.2) is 143 Å². The Hall–Kier alpha value is -5.86. The minimum absolute atomic E-state index is 0.00808. The third kappa shape index (κ3) is 9.57. The van der Waals surface area contributed by atoms with Gasteiger partial charge in [0.2, 0.25) is 0 Å². The lowest BCUT2D eigenvalue weighted by atomic mass is 10.1. The molecule has 0 aromatic heterocycles. The highest BCUT2D eigenvalue weighted by molar-refractivity contribution is 7.87. The van der Waals surface area contributed by atoms with Gasteiger partial charge in [0.25, 0.3) is 0 Å². The number of nitrogens with one attached hydrogen (secondary N) is 4. The van der Waals surface area contributed by atoms with Crippen molar-refractivity contribution in [1.82, 2.24) is 10.6 Å². The summed E-state index contributed by atoms with van der Waals surface area (Å²) in [5.74, 6) is 0.0795. The van der Waals surface area contributed by atoms with E-state index in [-0.39, 0.29) is 34.4 Å². The summed E-state index contributed by atoms with van der Waals surface area (Å²) >= 11 is 0. The van der Waals surface area contributed by atoms with E-state index in [0.29, 0.717) is 11.4 Å². The fraction of sp³-hybridized carbons (Fsp3) is 0.0588. The maximum absolute atomic E-state index is 12.6. The van der Waals surface area contributed by atoms with Crippen molar-refractivity contribution in [2.75, 3.05) is 10.6 Å². The Morgan fingerprint density at radius 3 is 1.29 bits per heavy atom. The first-order chi connectivity index (χ1) is 23.1. The molecule has 0 heterocycles. The Morgan fingerprint density at radius 1 is 0.479 bits per heavy atom.